The Balaban J connectivity index is 1.45. The molecule has 0 aromatic rings. The lowest BCUT2D eigenvalue weighted by Crippen LogP contribution is -2.51. The van der Waals surface area contributed by atoms with Crippen molar-refractivity contribution in [1.82, 2.24) is 15.1 Å². The van der Waals surface area contributed by atoms with Gasteiger partial charge in [0.1, 0.15) is 0 Å². The highest BCUT2D eigenvalue weighted by molar-refractivity contribution is 5.80. The van der Waals surface area contributed by atoms with Crippen LogP contribution in [-0.4, -0.2) is 74.3 Å². The summed E-state index contributed by atoms with van der Waals surface area (Å²) in [6, 6.07) is 0.680. The Kier molecular flexibility index (Phi) is 6.39. The quantitative estimate of drug-likeness (QED) is 0.617. The highest BCUT2D eigenvalue weighted by Crippen LogP contribution is 2.28. The van der Waals surface area contributed by atoms with E-state index in [0.717, 1.165) is 50.6 Å². The number of guanidine groups is 1. The van der Waals surface area contributed by atoms with E-state index >= 15 is 0 Å². The smallest absolute Gasteiger partial charge is 0.193 e. The summed E-state index contributed by atoms with van der Waals surface area (Å²) in [4.78, 5) is 9.59. The van der Waals surface area contributed by atoms with E-state index in [2.05, 4.69) is 34.0 Å². The van der Waals surface area contributed by atoms with Crippen LogP contribution in [0.2, 0.25) is 0 Å². The standard InChI is InChI=1S/C19H36N4O/c1-4-15(5-2)16-8-10-23(12-16)19(20-3)21-11-18-13-22-9-6-7-17(22)14-24-18/h15-18H,4-14H2,1-3H3,(H,20,21). The molecule has 3 fully saturated rings. The minimum absolute atomic E-state index is 0.300. The van der Waals surface area contributed by atoms with Gasteiger partial charge < -0.3 is 15.0 Å². The number of hydrogen-bond acceptors (Lipinski definition) is 3. The second-order valence-corrected chi connectivity index (χ2v) is 7.75. The zero-order valence-corrected chi connectivity index (χ0v) is 15.8. The molecule has 3 atom stereocenters. The molecule has 0 amide bonds. The maximum atomic E-state index is 6.07. The van der Waals surface area contributed by atoms with Gasteiger partial charge in [-0.05, 0) is 37.6 Å². The molecule has 0 aromatic heterocycles. The van der Waals surface area contributed by atoms with Crippen molar-refractivity contribution in [3.8, 4) is 0 Å². The summed E-state index contributed by atoms with van der Waals surface area (Å²) < 4.78 is 6.07. The van der Waals surface area contributed by atoms with Gasteiger partial charge in [-0.2, -0.15) is 0 Å². The summed E-state index contributed by atoms with van der Waals surface area (Å²) in [7, 11) is 1.91. The van der Waals surface area contributed by atoms with Gasteiger partial charge in [-0.25, -0.2) is 0 Å². The van der Waals surface area contributed by atoms with Crippen molar-refractivity contribution in [2.24, 2.45) is 16.8 Å². The topological polar surface area (TPSA) is 40.1 Å². The van der Waals surface area contributed by atoms with Crippen LogP contribution in [0.3, 0.4) is 0 Å². The Morgan fingerprint density at radius 1 is 1.21 bits per heavy atom. The number of aliphatic imine (C=N–C) groups is 1. The van der Waals surface area contributed by atoms with Gasteiger partial charge in [-0.15, -0.1) is 0 Å². The average Bonchev–Trinajstić information content (AvgIpc) is 3.26. The summed E-state index contributed by atoms with van der Waals surface area (Å²) in [5, 5.41) is 3.58. The third-order valence-electron chi connectivity index (χ3n) is 6.40. The first-order chi connectivity index (χ1) is 11.7. The van der Waals surface area contributed by atoms with Crippen LogP contribution in [0.5, 0.6) is 0 Å². The molecule has 0 radical (unpaired) electrons. The van der Waals surface area contributed by atoms with E-state index in [-0.39, 0.29) is 0 Å². The average molecular weight is 337 g/mol. The normalized spacial score (nSPS) is 31.8. The molecular formula is C19H36N4O. The van der Waals surface area contributed by atoms with Crippen LogP contribution < -0.4 is 5.32 Å². The lowest BCUT2D eigenvalue weighted by atomic mass is 9.87. The third-order valence-corrected chi connectivity index (χ3v) is 6.40. The van der Waals surface area contributed by atoms with Gasteiger partial charge in [0.25, 0.3) is 0 Å². The lowest BCUT2D eigenvalue weighted by Gasteiger charge is -2.35. The maximum Gasteiger partial charge on any atom is 0.193 e. The van der Waals surface area contributed by atoms with Gasteiger partial charge in [-0.1, -0.05) is 26.7 Å². The van der Waals surface area contributed by atoms with Crippen molar-refractivity contribution in [3.05, 3.63) is 0 Å². The first-order valence-electron chi connectivity index (χ1n) is 10.1. The van der Waals surface area contributed by atoms with Crippen molar-refractivity contribution in [3.63, 3.8) is 0 Å². The van der Waals surface area contributed by atoms with E-state index in [4.69, 9.17) is 4.74 Å². The minimum Gasteiger partial charge on any atom is -0.373 e. The van der Waals surface area contributed by atoms with E-state index < -0.39 is 0 Å². The van der Waals surface area contributed by atoms with E-state index in [1.165, 1.54) is 38.6 Å². The second kappa shape index (κ2) is 8.52. The molecule has 138 valence electrons. The summed E-state index contributed by atoms with van der Waals surface area (Å²) in [5.41, 5.74) is 0. The Morgan fingerprint density at radius 3 is 2.79 bits per heavy atom. The number of hydrogen-bond donors (Lipinski definition) is 1. The summed E-state index contributed by atoms with van der Waals surface area (Å²) >= 11 is 0. The summed E-state index contributed by atoms with van der Waals surface area (Å²) in [5.74, 6) is 2.76. The highest BCUT2D eigenvalue weighted by Gasteiger charge is 2.33. The molecule has 3 saturated heterocycles. The number of fused-ring (bicyclic) bond motifs is 1. The molecule has 5 nitrogen and oxygen atoms in total. The molecule has 3 rings (SSSR count). The fraction of sp³-hybridized carbons (Fsp3) is 0.947. The molecule has 0 bridgehead atoms. The zero-order valence-electron chi connectivity index (χ0n) is 15.8. The molecule has 3 unspecified atom stereocenters. The molecule has 1 N–H and O–H groups in total. The third kappa shape index (κ3) is 4.05. The van der Waals surface area contributed by atoms with Gasteiger partial charge >= 0.3 is 0 Å². The van der Waals surface area contributed by atoms with E-state index in [0.29, 0.717) is 12.1 Å². The van der Waals surface area contributed by atoms with E-state index in [9.17, 15) is 0 Å². The predicted octanol–water partition coefficient (Wildman–Crippen LogP) is 2.18. The van der Waals surface area contributed by atoms with Crippen LogP contribution in [0.25, 0.3) is 0 Å². The fourth-order valence-electron chi connectivity index (χ4n) is 4.87. The Labute approximate surface area is 147 Å². The number of rotatable bonds is 5. The van der Waals surface area contributed by atoms with Crippen LogP contribution in [0.4, 0.5) is 0 Å². The molecule has 5 heteroatoms. The molecule has 3 aliphatic heterocycles. The van der Waals surface area contributed by atoms with Gasteiger partial charge in [-0.3, -0.25) is 9.89 Å². The summed E-state index contributed by atoms with van der Waals surface area (Å²) in [6.45, 7) is 11.1. The highest BCUT2D eigenvalue weighted by atomic mass is 16.5. The zero-order chi connectivity index (χ0) is 16.9. The number of morpholine rings is 1. The monoisotopic (exact) mass is 336 g/mol. The first kappa shape index (κ1) is 18.0. The number of nitrogens with one attached hydrogen (secondary N) is 1. The SMILES string of the molecule is CCC(CC)C1CCN(C(=NC)NCC2CN3CCCC3CO2)C1. The van der Waals surface area contributed by atoms with Crippen molar-refractivity contribution >= 4 is 5.96 Å². The van der Waals surface area contributed by atoms with Gasteiger partial charge in [0, 0.05) is 39.3 Å². The largest absolute Gasteiger partial charge is 0.373 e. The van der Waals surface area contributed by atoms with Crippen molar-refractivity contribution in [2.45, 2.75) is 58.1 Å². The molecule has 0 aliphatic carbocycles. The molecule has 3 aliphatic rings. The van der Waals surface area contributed by atoms with Gasteiger partial charge in [0.05, 0.1) is 12.7 Å². The molecule has 0 saturated carbocycles. The molecule has 0 aromatic carbocycles. The minimum atomic E-state index is 0.300. The fourth-order valence-corrected chi connectivity index (χ4v) is 4.87. The van der Waals surface area contributed by atoms with E-state index in [1.807, 2.05) is 7.05 Å². The molecule has 3 heterocycles. The molecular weight excluding hydrogens is 300 g/mol. The molecule has 0 spiro atoms. The Bertz CT molecular complexity index is 424. The van der Waals surface area contributed by atoms with Crippen LogP contribution in [0, 0.1) is 11.8 Å². The van der Waals surface area contributed by atoms with Gasteiger partial charge in [0.15, 0.2) is 5.96 Å². The maximum absolute atomic E-state index is 6.07. The second-order valence-electron chi connectivity index (χ2n) is 7.75. The van der Waals surface area contributed by atoms with Crippen LogP contribution in [0.1, 0.15) is 46.0 Å². The van der Waals surface area contributed by atoms with Gasteiger partial charge in [0.2, 0.25) is 0 Å². The number of nitrogens with zero attached hydrogens (tertiary/aromatic N) is 3. The van der Waals surface area contributed by atoms with E-state index in [1.54, 1.807) is 0 Å². The lowest BCUT2D eigenvalue weighted by molar-refractivity contribution is -0.0454. The molecule has 24 heavy (non-hydrogen) atoms. The summed E-state index contributed by atoms with van der Waals surface area (Å²) in [6.07, 6.45) is 6.85. The Morgan fingerprint density at radius 2 is 2.04 bits per heavy atom. The Hall–Kier alpha value is -0.810. The van der Waals surface area contributed by atoms with Crippen molar-refractivity contribution in [1.29, 1.82) is 0 Å². The predicted molar refractivity (Wildman–Crippen MR) is 99.4 cm³/mol. The van der Waals surface area contributed by atoms with Crippen molar-refractivity contribution in [2.75, 3.05) is 46.4 Å². The van der Waals surface area contributed by atoms with Crippen LogP contribution >= 0.6 is 0 Å². The number of ether oxygens (including phenoxy) is 1. The number of likely N-dealkylation sites (tertiary alicyclic amines) is 1. The van der Waals surface area contributed by atoms with Crippen LogP contribution in [0.15, 0.2) is 4.99 Å². The first-order valence-corrected chi connectivity index (χ1v) is 10.1. The van der Waals surface area contributed by atoms with Crippen molar-refractivity contribution < 1.29 is 4.74 Å². The van der Waals surface area contributed by atoms with Crippen LogP contribution in [-0.2, 0) is 4.74 Å².